The van der Waals surface area contributed by atoms with E-state index >= 15 is 0 Å². The number of likely N-dealkylation sites (N-methyl/N-ethyl adjacent to an activating group) is 1. The third-order valence-electron chi connectivity index (χ3n) is 4.31. The molecule has 8 nitrogen and oxygen atoms in total. The van der Waals surface area contributed by atoms with Crippen LogP contribution in [0.5, 0.6) is 0 Å². The summed E-state index contributed by atoms with van der Waals surface area (Å²) in [7, 11) is 1.91. The Morgan fingerprint density at radius 3 is 2.65 bits per heavy atom. The molecule has 2 aromatic rings. The molecule has 0 bridgehead atoms. The van der Waals surface area contributed by atoms with Gasteiger partial charge < -0.3 is 20.4 Å². The van der Waals surface area contributed by atoms with Gasteiger partial charge in [-0.15, -0.1) is 0 Å². The molecule has 1 fully saturated rings. The van der Waals surface area contributed by atoms with Crippen LogP contribution in [0.15, 0.2) is 36.8 Å². The molecule has 0 unspecified atom stereocenters. The predicted molar refractivity (Wildman–Crippen MR) is 101 cm³/mol. The van der Waals surface area contributed by atoms with Gasteiger partial charge in [-0.25, -0.2) is 15.0 Å². The molecule has 3 heterocycles. The van der Waals surface area contributed by atoms with E-state index < -0.39 is 0 Å². The van der Waals surface area contributed by atoms with Crippen molar-refractivity contribution >= 4 is 17.7 Å². The SMILES string of the molecule is CNCCNc1ccc(C(=O)N2CCCN(c3ncccn3)CC2)cn1. The number of nitrogens with zero attached hydrogens (tertiary/aromatic N) is 5. The molecular formula is C18H25N7O. The van der Waals surface area contributed by atoms with Gasteiger partial charge in [-0.2, -0.15) is 0 Å². The average Bonchev–Trinajstić information content (AvgIpc) is 2.95. The molecule has 3 rings (SSSR count). The Labute approximate surface area is 153 Å². The van der Waals surface area contributed by atoms with E-state index in [-0.39, 0.29) is 5.91 Å². The first-order valence-electron chi connectivity index (χ1n) is 8.93. The third-order valence-corrected chi connectivity index (χ3v) is 4.31. The molecule has 0 aromatic carbocycles. The van der Waals surface area contributed by atoms with E-state index in [9.17, 15) is 4.79 Å². The van der Waals surface area contributed by atoms with Gasteiger partial charge in [0.1, 0.15) is 5.82 Å². The lowest BCUT2D eigenvalue weighted by Crippen LogP contribution is -2.35. The fourth-order valence-electron chi connectivity index (χ4n) is 2.90. The Morgan fingerprint density at radius 2 is 1.92 bits per heavy atom. The van der Waals surface area contributed by atoms with Crippen molar-refractivity contribution in [3.8, 4) is 0 Å². The zero-order chi connectivity index (χ0) is 18.2. The van der Waals surface area contributed by atoms with Gasteiger partial charge in [-0.05, 0) is 31.7 Å². The molecule has 1 saturated heterocycles. The summed E-state index contributed by atoms with van der Waals surface area (Å²) in [5.41, 5.74) is 0.619. The van der Waals surface area contributed by atoms with Crippen LogP contribution in [0.3, 0.4) is 0 Å². The van der Waals surface area contributed by atoms with E-state index in [0.29, 0.717) is 12.1 Å². The number of nitrogens with one attached hydrogen (secondary N) is 2. The van der Waals surface area contributed by atoms with Crippen molar-refractivity contribution in [3.63, 3.8) is 0 Å². The van der Waals surface area contributed by atoms with Gasteiger partial charge in [0, 0.05) is 57.9 Å². The number of aromatic nitrogens is 3. The maximum Gasteiger partial charge on any atom is 0.255 e. The summed E-state index contributed by atoms with van der Waals surface area (Å²) in [6, 6.07) is 5.49. The highest BCUT2D eigenvalue weighted by atomic mass is 16.2. The molecular weight excluding hydrogens is 330 g/mol. The number of pyridine rings is 1. The smallest absolute Gasteiger partial charge is 0.255 e. The highest BCUT2D eigenvalue weighted by molar-refractivity contribution is 5.94. The van der Waals surface area contributed by atoms with E-state index in [4.69, 9.17) is 0 Å². The van der Waals surface area contributed by atoms with Crippen molar-refractivity contribution in [1.82, 2.24) is 25.2 Å². The summed E-state index contributed by atoms with van der Waals surface area (Å²) >= 11 is 0. The number of hydrogen-bond acceptors (Lipinski definition) is 7. The molecule has 0 aliphatic carbocycles. The van der Waals surface area contributed by atoms with Crippen LogP contribution in [0.2, 0.25) is 0 Å². The molecule has 0 radical (unpaired) electrons. The highest BCUT2D eigenvalue weighted by Crippen LogP contribution is 2.13. The maximum absolute atomic E-state index is 12.8. The summed E-state index contributed by atoms with van der Waals surface area (Å²) in [5.74, 6) is 1.52. The van der Waals surface area contributed by atoms with Gasteiger partial charge in [0.05, 0.1) is 5.56 Å². The number of carbonyl (C=O) groups is 1. The molecule has 1 aliphatic heterocycles. The second-order valence-electron chi connectivity index (χ2n) is 6.14. The molecule has 1 aliphatic rings. The van der Waals surface area contributed by atoms with Gasteiger partial charge in [0.15, 0.2) is 0 Å². The normalized spacial score (nSPS) is 14.8. The predicted octanol–water partition coefficient (Wildman–Crippen LogP) is 0.855. The Bertz CT molecular complexity index is 692. The van der Waals surface area contributed by atoms with Gasteiger partial charge in [0.2, 0.25) is 5.95 Å². The van der Waals surface area contributed by atoms with Crippen LogP contribution >= 0.6 is 0 Å². The molecule has 0 atom stereocenters. The van der Waals surface area contributed by atoms with E-state index in [2.05, 4.69) is 30.5 Å². The quantitative estimate of drug-likeness (QED) is 0.743. The van der Waals surface area contributed by atoms with Gasteiger partial charge in [0.25, 0.3) is 5.91 Å². The van der Waals surface area contributed by atoms with Crippen molar-refractivity contribution in [1.29, 1.82) is 0 Å². The Balaban J connectivity index is 1.58. The number of carbonyl (C=O) groups excluding carboxylic acids is 1. The maximum atomic E-state index is 12.8. The fourth-order valence-corrected chi connectivity index (χ4v) is 2.90. The van der Waals surface area contributed by atoms with Gasteiger partial charge in [-0.1, -0.05) is 0 Å². The van der Waals surface area contributed by atoms with Crippen molar-refractivity contribution in [2.24, 2.45) is 0 Å². The third kappa shape index (κ3) is 4.66. The minimum absolute atomic E-state index is 0.0232. The summed E-state index contributed by atoms with van der Waals surface area (Å²) < 4.78 is 0. The number of anilines is 2. The van der Waals surface area contributed by atoms with Crippen molar-refractivity contribution in [3.05, 3.63) is 42.4 Å². The van der Waals surface area contributed by atoms with Crippen molar-refractivity contribution in [2.45, 2.75) is 6.42 Å². The van der Waals surface area contributed by atoms with Crippen LogP contribution < -0.4 is 15.5 Å². The highest BCUT2D eigenvalue weighted by Gasteiger charge is 2.21. The number of amides is 1. The van der Waals surface area contributed by atoms with Crippen LogP contribution in [-0.4, -0.2) is 72.1 Å². The van der Waals surface area contributed by atoms with Crippen LogP contribution in [0.25, 0.3) is 0 Å². The summed E-state index contributed by atoms with van der Waals surface area (Å²) in [6.45, 7) is 4.61. The first-order valence-corrected chi connectivity index (χ1v) is 8.93. The van der Waals surface area contributed by atoms with E-state index in [1.54, 1.807) is 24.7 Å². The topological polar surface area (TPSA) is 86.3 Å². The zero-order valence-corrected chi connectivity index (χ0v) is 15.1. The molecule has 0 spiro atoms. The largest absolute Gasteiger partial charge is 0.369 e. The summed E-state index contributed by atoms with van der Waals surface area (Å²) in [6.07, 6.45) is 6.02. The summed E-state index contributed by atoms with van der Waals surface area (Å²) in [4.78, 5) is 29.7. The first kappa shape index (κ1) is 18.1. The number of hydrogen-bond donors (Lipinski definition) is 2. The first-order chi connectivity index (χ1) is 12.8. The second kappa shape index (κ2) is 9.10. The van der Waals surface area contributed by atoms with Crippen LogP contribution in [-0.2, 0) is 0 Å². The monoisotopic (exact) mass is 355 g/mol. The summed E-state index contributed by atoms with van der Waals surface area (Å²) in [5, 5.41) is 6.27. The minimum atomic E-state index is 0.0232. The second-order valence-corrected chi connectivity index (χ2v) is 6.14. The number of rotatable bonds is 6. The van der Waals surface area contributed by atoms with E-state index in [0.717, 1.165) is 50.9 Å². The lowest BCUT2D eigenvalue weighted by atomic mass is 10.2. The van der Waals surface area contributed by atoms with Gasteiger partial charge in [-0.3, -0.25) is 4.79 Å². The molecule has 0 saturated carbocycles. The Morgan fingerprint density at radius 1 is 1.08 bits per heavy atom. The molecule has 8 heteroatoms. The van der Waals surface area contributed by atoms with Crippen LogP contribution in [0.4, 0.5) is 11.8 Å². The lowest BCUT2D eigenvalue weighted by Gasteiger charge is -2.22. The van der Waals surface area contributed by atoms with Crippen LogP contribution in [0.1, 0.15) is 16.8 Å². The van der Waals surface area contributed by atoms with Crippen molar-refractivity contribution in [2.75, 3.05) is 56.5 Å². The van der Waals surface area contributed by atoms with Gasteiger partial charge >= 0.3 is 0 Å². The van der Waals surface area contributed by atoms with Crippen molar-refractivity contribution < 1.29 is 4.79 Å². The zero-order valence-electron chi connectivity index (χ0n) is 15.1. The Kier molecular flexibility index (Phi) is 6.32. The Hall–Kier alpha value is -2.74. The molecule has 1 amide bonds. The average molecular weight is 355 g/mol. The van der Waals surface area contributed by atoms with E-state index in [1.807, 2.05) is 24.1 Å². The van der Waals surface area contributed by atoms with E-state index in [1.165, 1.54) is 0 Å². The standard InChI is InChI=1S/C18H25N7O/c1-19-8-9-20-16-5-4-15(14-23-16)17(26)24-10-3-11-25(13-12-24)18-21-6-2-7-22-18/h2,4-7,14,19H,3,8-13H2,1H3,(H,20,23). The molecule has 138 valence electrons. The molecule has 26 heavy (non-hydrogen) atoms. The van der Waals surface area contributed by atoms with Crippen LogP contribution in [0, 0.1) is 0 Å². The minimum Gasteiger partial charge on any atom is -0.369 e. The molecule has 2 N–H and O–H groups in total. The fraction of sp³-hybridized carbons (Fsp3) is 0.444. The molecule has 2 aromatic heterocycles. The lowest BCUT2D eigenvalue weighted by molar-refractivity contribution is 0.0766.